The zero-order chi connectivity index (χ0) is 13.0. The lowest BCUT2D eigenvalue weighted by Crippen LogP contribution is -2.11. The molecule has 94 valence electrons. The van der Waals surface area contributed by atoms with E-state index in [0.29, 0.717) is 18.1 Å². The van der Waals surface area contributed by atoms with Crippen molar-refractivity contribution in [2.24, 2.45) is 0 Å². The zero-order valence-corrected chi connectivity index (χ0v) is 10.1. The van der Waals surface area contributed by atoms with Gasteiger partial charge in [0.05, 0.1) is 23.5 Å². The van der Waals surface area contributed by atoms with Crippen LogP contribution >= 0.6 is 11.6 Å². The molecule has 0 spiro atoms. The molecule has 7 heteroatoms. The van der Waals surface area contributed by atoms with E-state index in [2.05, 4.69) is 15.6 Å². The summed E-state index contributed by atoms with van der Waals surface area (Å²) in [6.45, 7) is 1.08. The standard InChI is InChI=1S/C11H11ClN4O2/c12-8-3-1-2-4-9(8)13-5-6-16-7-10(11(17)18)14-15-16/h1-4,7,13H,5-6H2,(H,17,18). The maximum absolute atomic E-state index is 10.6. The van der Waals surface area contributed by atoms with Crippen LogP contribution < -0.4 is 5.32 Å². The van der Waals surface area contributed by atoms with Gasteiger partial charge >= 0.3 is 5.97 Å². The number of carboxylic acids is 1. The van der Waals surface area contributed by atoms with Crippen LogP contribution in [0.5, 0.6) is 0 Å². The summed E-state index contributed by atoms with van der Waals surface area (Å²) < 4.78 is 1.47. The van der Waals surface area contributed by atoms with Gasteiger partial charge in [0, 0.05) is 6.54 Å². The van der Waals surface area contributed by atoms with Gasteiger partial charge in [-0.3, -0.25) is 0 Å². The van der Waals surface area contributed by atoms with E-state index in [1.807, 2.05) is 18.2 Å². The monoisotopic (exact) mass is 266 g/mol. The zero-order valence-electron chi connectivity index (χ0n) is 9.38. The van der Waals surface area contributed by atoms with Crippen LogP contribution in [0.2, 0.25) is 5.02 Å². The van der Waals surface area contributed by atoms with Crippen LogP contribution in [0.25, 0.3) is 0 Å². The number of carboxylic acid groups (broad SMARTS) is 1. The van der Waals surface area contributed by atoms with Gasteiger partial charge in [-0.2, -0.15) is 0 Å². The van der Waals surface area contributed by atoms with E-state index in [0.717, 1.165) is 5.69 Å². The van der Waals surface area contributed by atoms with Crippen LogP contribution in [0, 0.1) is 0 Å². The van der Waals surface area contributed by atoms with Crippen LogP contribution in [-0.2, 0) is 6.54 Å². The Morgan fingerprint density at radius 2 is 2.22 bits per heavy atom. The van der Waals surface area contributed by atoms with Crippen molar-refractivity contribution in [2.45, 2.75) is 6.54 Å². The molecule has 2 aromatic rings. The number of hydrogen-bond acceptors (Lipinski definition) is 4. The molecule has 0 atom stereocenters. The van der Waals surface area contributed by atoms with E-state index in [-0.39, 0.29) is 5.69 Å². The predicted molar refractivity (Wildman–Crippen MR) is 66.9 cm³/mol. The molecule has 1 heterocycles. The maximum Gasteiger partial charge on any atom is 0.358 e. The molecule has 1 aromatic heterocycles. The van der Waals surface area contributed by atoms with Crippen molar-refractivity contribution >= 4 is 23.3 Å². The Balaban J connectivity index is 1.88. The van der Waals surface area contributed by atoms with E-state index in [4.69, 9.17) is 16.7 Å². The highest BCUT2D eigenvalue weighted by Crippen LogP contribution is 2.19. The number of halogens is 1. The number of anilines is 1. The molecular weight excluding hydrogens is 256 g/mol. The summed E-state index contributed by atoms with van der Waals surface area (Å²) in [5.41, 5.74) is 0.769. The van der Waals surface area contributed by atoms with Crippen molar-refractivity contribution in [3.05, 3.63) is 41.2 Å². The molecule has 18 heavy (non-hydrogen) atoms. The van der Waals surface area contributed by atoms with Crippen LogP contribution in [0.3, 0.4) is 0 Å². The summed E-state index contributed by atoms with van der Waals surface area (Å²) >= 11 is 5.98. The Kier molecular flexibility index (Phi) is 3.78. The summed E-state index contributed by atoms with van der Waals surface area (Å²) in [6, 6.07) is 7.39. The number of aromatic carboxylic acids is 1. The Morgan fingerprint density at radius 1 is 1.44 bits per heavy atom. The first kappa shape index (κ1) is 12.4. The second kappa shape index (κ2) is 5.50. The highest BCUT2D eigenvalue weighted by atomic mass is 35.5. The number of hydrogen-bond donors (Lipinski definition) is 2. The molecule has 0 bridgehead atoms. The van der Waals surface area contributed by atoms with Crippen molar-refractivity contribution in [1.29, 1.82) is 0 Å². The number of benzene rings is 1. The molecule has 0 aliphatic rings. The molecule has 0 aliphatic carbocycles. The normalized spacial score (nSPS) is 10.3. The average molecular weight is 267 g/mol. The number of nitrogens with zero attached hydrogens (tertiary/aromatic N) is 3. The molecule has 0 radical (unpaired) electrons. The molecule has 0 saturated heterocycles. The highest BCUT2D eigenvalue weighted by molar-refractivity contribution is 6.33. The second-order valence-electron chi connectivity index (χ2n) is 3.58. The van der Waals surface area contributed by atoms with Gasteiger partial charge in [0.2, 0.25) is 0 Å². The first-order chi connectivity index (χ1) is 8.66. The summed E-state index contributed by atoms with van der Waals surface area (Å²) in [6.07, 6.45) is 1.39. The lowest BCUT2D eigenvalue weighted by molar-refractivity contribution is 0.0690. The van der Waals surface area contributed by atoms with Crippen LogP contribution in [0.15, 0.2) is 30.5 Å². The first-order valence-electron chi connectivity index (χ1n) is 5.28. The average Bonchev–Trinajstić information content (AvgIpc) is 2.80. The number of rotatable bonds is 5. The Hall–Kier alpha value is -2.08. The topological polar surface area (TPSA) is 80.0 Å². The lowest BCUT2D eigenvalue weighted by Gasteiger charge is -2.07. The predicted octanol–water partition coefficient (Wildman–Crippen LogP) is 1.74. The minimum Gasteiger partial charge on any atom is -0.476 e. The molecule has 0 amide bonds. The van der Waals surface area contributed by atoms with E-state index < -0.39 is 5.97 Å². The summed E-state index contributed by atoms with van der Waals surface area (Å²) in [5, 5.41) is 19.7. The van der Waals surface area contributed by atoms with Crippen molar-refractivity contribution in [3.63, 3.8) is 0 Å². The third kappa shape index (κ3) is 2.98. The van der Waals surface area contributed by atoms with Gasteiger partial charge in [-0.25, -0.2) is 9.48 Å². The van der Waals surface area contributed by atoms with Gasteiger partial charge in [-0.1, -0.05) is 28.9 Å². The van der Waals surface area contributed by atoms with Crippen LogP contribution in [0.1, 0.15) is 10.5 Å². The van der Waals surface area contributed by atoms with Gasteiger partial charge in [0.1, 0.15) is 0 Å². The smallest absolute Gasteiger partial charge is 0.358 e. The van der Waals surface area contributed by atoms with Gasteiger partial charge in [-0.15, -0.1) is 5.10 Å². The van der Waals surface area contributed by atoms with E-state index in [1.54, 1.807) is 6.07 Å². The Labute approximate surface area is 108 Å². The van der Waals surface area contributed by atoms with E-state index in [1.165, 1.54) is 10.9 Å². The third-order valence-electron chi connectivity index (χ3n) is 2.29. The lowest BCUT2D eigenvalue weighted by atomic mass is 10.3. The van der Waals surface area contributed by atoms with Crippen molar-refractivity contribution in [1.82, 2.24) is 15.0 Å². The van der Waals surface area contributed by atoms with E-state index in [9.17, 15) is 4.79 Å². The quantitative estimate of drug-likeness (QED) is 0.862. The summed E-state index contributed by atoms with van der Waals surface area (Å²) in [5.74, 6) is -1.08. The number of aromatic nitrogens is 3. The Bertz CT molecular complexity index is 555. The number of carbonyl (C=O) groups is 1. The number of nitrogens with one attached hydrogen (secondary N) is 1. The second-order valence-corrected chi connectivity index (χ2v) is 3.99. The van der Waals surface area contributed by atoms with Crippen molar-refractivity contribution in [2.75, 3.05) is 11.9 Å². The van der Waals surface area contributed by atoms with Gasteiger partial charge in [-0.05, 0) is 12.1 Å². The van der Waals surface area contributed by atoms with Crippen molar-refractivity contribution < 1.29 is 9.90 Å². The summed E-state index contributed by atoms with van der Waals surface area (Å²) in [7, 11) is 0. The fourth-order valence-corrected chi connectivity index (χ4v) is 1.62. The molecular formula is C11H11ClN4O2. The largest absolute Gasteiger partial charge is 0.476 e. The number of para-hydroxylation sites is 1. The SMILES string of the molecule is O=C(O)c1cn(CCNc2ccccc2Cl)nn1. The van der Waals surface area contributed by atoms with Gasteiger partial charge in [0.25, 0.3) is 0 Å². The van der Waals surface area contributed by atoms with Gasteiger partial charge in [0.15, 0.2) is 5.69 Å². The molecule has 0 aliphatic heterocycles. The van der Waals surface area contributed by atoms with Gasteiger partial charge < -0.3 is 10.4 Å². The molecule has 0 saturated carbocycles. The van der Waals surface area contributed by atoms with Crippen LogP contribution in [0.4, 0.5) is 5.69 Å². The molecule has 0 fully saturated rings. The molecule has 2 N–H and O–H groups in total. The minimum atomic E-state index is -1.08. The molecule has 1 aromatic carbocycles. The highest BCUT2D eigenvalue weighted by Gasteiger charge is 2.07. The van der Waals surface area contributed by atoms with Crippen LogP contribution in [-0.4, -0.2) is 32.6 Å². The third-order valence-corrected chi connectivity index (χ3v) is 2.62. The van der Waals surface area contributed by atoms with Crippen molar-refractivity contribution in [3.8, 4) is 0 Å². The minimum absolute atomic E-state index is 0.0623. The fraction of sp³-hybridized carbons (Fsp3) is 0.182. The maximum atomic E-state index is 10.6. The molecule has 6 nitrogen and oxygen atoms in total. The molecule has 0 unspecified atom stereocenters. The molecule has 2 rings (SSSR count). The Morgan fingerprint density at radius 3 is 2.89 bits per heavy atom. The van der Waals surface area contributed by atoms with E-state index >= 15 is 0 Å². The summed E-state index contributed by atoms with van der Waals surface area (Å²) in [4.78, 5) is 10.6. The fourth-order valence-electron chi connectivity index (χ4n) is 1.42. The first-order valence-corrected chi connectivity index (χ1v) is 5.66.